The molecule has 2 aromatic rings. The average Bonchev–Trinajstić information content (AvgIpc) is 3.07. The molecular formula is C11H11N5O2S. The molecule has 98 valence electrons. The highest BCUT2D eigenvalue weighted by Crippen LogP contribution is 2.20. The average molecular weight is 277 g/mol. The van der Waals surface area contributed by atoms with Gasteiger partial charge in [0, 0.05) is 24.7 Å². The molecule has 0 atom stereocenters. The summed E-state index contributed by atoms with van der Waals surface area (Å²) in [6.07, 6.45) is 2.94. The molecule has 1 amide bonds. The van der Waals surface area contributed by atoms with Gasteiger partial charge in [0.05, 0.1) is 12.2 Å². The van der Waals surface area contributed by atoms with E-state index in [0.717, 1.165) is 11.4 Å². The first-order valence-electron chi connectivity index (χ1n) is 5.75. The Bertz CT molecular complexity index is 664. The maximum absolute atomic E-state index is 12.1. The number of aromatic amines is 1. The Morgan fingerprint density at radius 3 is 3.26 bits per heavy atom. The Morgan fingerprint density at radius 2 is 2.47 bits per heavy atom. The molecule has 1 aliphatic rings. The summed E-state index contributed by atoms with van der Waals surface area (Å²) >= 11 is 1.52. The quantitative estimate of drug-likeness (QED) is 0.770. The maximum Gasteiger partial charge on any atom is 0.267 e. The predicted octanol–water partition coefficient (Wildman–Crippen LogP) is 0.00210. The number of carbonyl (C=O) groups excluding carboxylic acids is 1. The molecule has 8 heteroatoms. The Balaban J connectivity index is 1.79. The number of fused-ring (bicyclic) bond motifs is 1. The highest BCUT2D eigenvalue weighted by molar-refractivity contribution is 7.99. The van der Waals surface area contributed by atoms with Crippen molar-refractivity contribution in [1.29, 1.82) is 0 Å². The molecule has 2 N–H and O–H groups in total. The third-order valence-corrected chi connectivity index (χ3v) is 3.77. The molecule has 19 heavy (non-hydrogen) atoms. The van der Waals surface area contributed by atoms with Crippen LogP contribution in [0.15, 0.2) is 28.4 Å². The summed E-state index contributed by atoms with van der Waals surface area (Å²) in [5.74, 6) is 0.404. The first kappa shape index (κ1) is 12.0. The number of nitrogens with zero attached hydrogens (tertiary/aromatic N) is 3. The molecule has 3 rings (SSSR count). The van der Waals surface area contributed by atoms with Crippen LogP contribution < -0.4 is 10.9 Å². The predicted molar refractivity (Wildman–Crippen MR) is 69.0 cm³/mol. The summed E-state index contributed by atoms with van der Waals surface area (Å²) in [5.41, 5.74) is 0.570. The van der Waals surface area contributed by atoms with Gasteiger partial charge in [-0.3, -0.25) is 19.3 Å². The Kier molecular flexibility index (Phi) is 3.08. The second kappa shape index (κ2) is 4.88. The van der Waals surface area contributed by atoms with E-state index in [9.17, 15) is 9.59 Å². The van der Waals surface area contributed by atoms with Gasteiger partial charge in [-0.1, -0.05) is 11.8 Å². The summed E-state index contributed by atoms with van der Waals surface area (Å²) in [5, 5.41) is 9.85. The second-order valence-corrected chi connectivity index (χ2v) is 5.09. The Labute approximate surface area is 112 Å². The van der Waals surface area contributed by atoms with Gasteiger partial charge >= 0.3 is 0 Å². The van der Waals surface area contributed by atoms with E-state index in [-0.39, 0.29) is 11.1 Å². The minimum atomic E-state index is -0.417. The summed E-state index contributed by atoms with van der Waals surface area (Å²) in [7, 11) is 0. The number of hydrogen-bond acceptors (Lipinski definition) is 5. The highest BCUT2D eigenvalue weighted by atomic mass is 32.2. The zero-order valence-corrected chi connectivity index (χ0v) is 10.7. The SMILES string of the molecule is O=C(NCc1ccn[nH]1)c1cnc2n(c1=O)CCS2. The molecule has 0 aromatic carbocycles. The number of hydrogen-bond donors (Lipinski definition) is 2. The van der Waals surface area contributed by atoms with Crippen LogP contribution in [0.2, 0.25) is 0 Å². The lowest BCUT2D eigenvalue weighted by molar-refractivity contribution is 0.0947. The number of aromatic nitrogens is 4. The lowest BCUT2D eigenvalue weighted by Gasteiger charge is -2.05. The van der Waals surface area contributed by atoms with E-state index in [4.69, 9.17) is 0 Å². The van der Waals surface area contributed by atoms with Gasteiger partial charge in [0.2, 0.25) is 0 Å². The van der Waals surface area contributed by atoms with Crippen molar-refractivity contribution in [2.75, 3.05) is 5.75 Å². The molecule has 0 spiro atoms. The van der Waals surface area contributed by atoms with Crippen molar-refractivity contribution in [1.82, 2.24) is 25.1 Å². The van der Waals surface area contributed by atoms with E-state index < -0.39 is 5.91 Å². The molecule has 0 fully saturated rings. The molecule has 0 saturated heterocycles. The van der Waals surface area contributed by atoms with Crippen LogP contribution >= 0.6 is 11.8 Å². The number of thioether (sulfide) groups is 1. The topological polar surface area (TPSA) is 92.7 Å². The van der Waals surface area contributed by atoms with Crippen LogP contribution in [0.5, 0.6) is 0 Å². The van der Waals surface area contributed by atoms with E-state index in [1.165, 1.54) is 22.5 Å². The van der Waals surface area contributed by atoms with Crippen LogP contribution in [-0.2, 0) is 13.1 Å². The fourth-order valence-electron chi connectivity index (χ4n) is 1.83. The minimum absolute atomic E-state index is 0.0748. The van der Waals surface area contributed by atoms with Gasteiger partial charge in [0.25, 0.3) is 11.5 Å². The van der Waals surface area contributed by atoms with Gasteiger partial charge in [-0.2, -0.15) is 5.10 Å². The molecule has 7 nitrogen and oxygen atoms in total. The zero-order chi connectivity index (χ0) is 13.2. The van der Waals surface area contributed by atoms with Gasteiger partial charge in [-0.25, -0.2) is 4.98 Å². The fraction of sp³-hybridized carbons (Fsp3) is 0.273. The number of carbonyl (C=O) groups is 1. The molecule has 0 aliphatic carbocycles. The molecule has 0 radical (unpaired) electrons. The van der Waals surface area contributed by atoms with Crippen LogP contribution in [0.4, 0.5) is 0 Å². The maximum atomic E-state index is 12.1. The monoisotopic (exact) mass is 277 g/mol. The minimum Gasteiger partial charge on any atom is -0.346 e. The van der Waals surface area contributed by atoms with E-state index in [0.29, 0.717) is 18.2 Å². The van der Waals surface area contributed by atoms with Crippen molar-refractivity contribution >= 4 is 17.7 Å². The van der Waals surface area contributed by atoms with Gasteiger partial charge in [-0.15, -0.1) is 0 Å². The van der Waals surface area contributed by atoms with Crippen molar-refractivity contribution in [3.8, 4) is 0 Å². The van der Waals surface area contributed by atoms with Crippen molar-refractivity contribution in [3.63, 3.8) is 0 Å². The number of H-pyrrole nitrogens is 1. The zero-order valence-electron chi connectivity index (χ0n) is 9.92. The molecule has 0 saturated carbocycles. The Morgan fingerprint density at radius 1 is 1.58 bits per heavy atom. The summed E-state index contributed by atoms with van der Waals surface area (Å²) in [6.45, 7) is 0.905. The van der Waals surface area contributed by atoms with Crippen LogP contribution in [0.25, 0.3) is 0 Å². The second-order valence-electron chi connectivity index (χ2n) is 4.02. The molecular weight excluding hydrogens is 266 g/mol. The van der Waals surface area contributed by atoms with Gasteiger partial charge in [0.15, 0.2) is 5.16 Å². The lowest BCUT2D eigenvalue weighted by Crippen LogP contribution is -2.33. The van der Waals surface area contributed by atoms with Crippen LogP contribution in [0, 0.1) is 0 Å². The third-order valence-electron chi connectivity index (χ3n) is 2.80. The first-order valence-corrected chi connectivity index (χ1v) is 6.73. The molecule has 0 unspecified atom stereocenters. The van der Waals surface area contributed by atoms with Gasteiger partial charge in [-0.05, 0) is 6.07 Å². The molecule has 3 heterocycles. The summed E-state index contributed by atoms with van der Waals surface area (Å²) in [4.78, 5) is 28.2. The van der Waals surface area contributed by atoms with E-state index in [1.807, 2.05) is 0 Å². The Hall–Kier alpha value is -2.09. The number of amides is 1. The first-order chi connectivity index (χ1) is 9.25. The van der Waals surface area contributed by atoms with E-state index in [2.05, 4.69) is 20.5 Å². The number of rotatable bonds is 3. The number of nitrogens with one attached hydrogen (secondary N) is 2. The third kappa shape index (κ3) is 2.26. The van der Waals surface area contributed by atoms with Crippen LogP contribution in [0.3, 0.4) is 0 Å². The van der Waals surface area contributed by atoms with Crippen molar-refractivity contribution in [2.45, 2.75) is 18.2 Å². The summed E-state index contributed by atoms with van der Waals surface area (Å²) < 4.78 is 1.54. The highest BCUT2D eigenvalue weighted by Gasteiger charge is 2.19. The van der Waals surface area contributed by atoms with Gasteiger partial charge < -0.3 is 5.32 Å². The van der Waals surface area contributed by atoms with Crippen LogP contribution in [-0.4, -0.2) is 31.4 Å². The van der Waals surface area contributed by atoms with E-state index >= 15 is 0 Å². The lowest BCUT2D eigenvalue weighted by atomic mass is 10.3. The van der Waals surface area contributed by atoms with Crippen molar-refractivity contribution in [2.24, 2.45) is 0 Å². The molecule has 1 aliphatic heterocycles. The standard InChI is InChI=1S/C11H11N5O2S/c17-9(12-5-7-1-2-14-15-7)8-6-13-11-16(10(8)18)3-4-19-11/h1-2,6H,3-5H2,(H,12,17)(H,14,15). The van der Waals surface area contributed by atoms with Crippen molar-refractivity contribution in [3.05, 3.63) is 40.1 Å². The van der Waals surface area contributed by atoms with E-state index in [1.54, 1.807) is 12.3 Å². The van der Waals surface area contributed by atoms with Gasteiger partial charge in [0.1, 0.15) is 5.56 Å². The van der Waals surface area contributed by atoms with Crippen molar-refractivity contribution < 1.29 is 4.79 Å². The molecule has 0 bridgehead atoms. The largest absolute Gasteiger partial charge is 0.346 e. The smallest absolute Gasteiger partial charge is 0.267 e. The summed E-state index contributed by atoms with van der Waals surface area (Å²) in [6, 6.07) is 1.75. The normalized spacial score (nSPS) is 13.3. The van der Waals surface area contributed by atoms with Crippen LogP contribution in [0.1, 0.15) is 16.1 Å². The molecule has 2 aromatic heterocycles. The fourth-order valence-corrected chi connectivity index (χ4v) is 2.74.